The van der Waals surface area contributed by atoms with Crippen LogP contribution in [0.4, 0.5) is 0 Å². The molecule has 0 bridgehead atoms. The normalized spacial score (nSPS) is 22.8. The number of ether oxygens (including phenoxy) is 1. The van der Waals surface area contributed by atoms with Crippen LogP contribution in [0.3, 0.4) is 0 Å². The number of carboxylic acids is 1. The number of nitrogens with zero attached hydrogens (tertiary/aromatic N) is 2. The molecule has 0 aliphatic carbocycles. The topological polar surface area (TPSA) is 87.8 Å². The lowest BCUT2D eigenvalue weighted by Crippen LogP contribution is -2.36. The maximum absolute atomic E-state index is 11.4. The molecular formula is C24H23N3O4S. The molecule has 3 aromatic rings. The molecule has 2 aliphatic heterocycles. The van der Waals surface area contributed by atoms with Crippen LogP contribution in [0.25, 0.3) is 11.3 Å². The minimum absolute atomic E-state index is 0.126. The fourth-order valence-electron chi connectivity index (χ4n) is 4.39. The highest BCUT2D eigenvalue weighted by Gasteiger charge is 2.42. The van der Waals surface area contributed by atoms with E-state index in [9.17, 15) is 9.90 Å². The first-order chi connectivity index (χ1) is 15.6. The Morgan fingerprint density at radius 2 is 2.12 bits per heavy atom. The van der Waals surface area contributed by atoms with Crippen LogP contribution in [-0.2, 0) is 4.74 Å². The van der Waals surface area contributed by atoms with Crippen molar-refractivity contribution in [1.82, 2.24) is 15.2 Å². The van der Waals surface area contributed by atoms with Gasteiger partial charge in [-0.2, -0.15) is 0 Å². The Hall–Kier alpha value is -3.23. The lowest BCUT2D eigenvalue weighted by atomic mass is 10.0. The molecule has 0 radical (unpaired) electrons. The van der Waals surface area contributed by atoms with Crippen LogP contribution in [0.5, 0.6) is 0 Å². The second kappa shape index (κ2) is 8.72. The molecular weight excluding hydrogens is 426 g/mol. The maximum atomic E-state index is 11.4. The van der Waals surface area contributed by atoms with Gasteiger partial charge in [-0.15, -0.1) is 0 Å². The molecule has 0 unspecified atom stereocenters. The van der Waals surface area contributed by atoms with Crippen LogP contribution in [0.1, 0.15) is 46.7 Å². The summed E-state index contributed by atoms with van der Waals surface area (Å²) in [7, 11) is 0. The van der Waals surface area contributed by atoms with E-state index in [0.29, 0.717) is 23.0 Å². The van der Waals surface area contributed by atoms with Gasteiger partial charge in [0.25, 0.3) is 0 Å². The number of furan rings is 1. The molecule has 2 saturated heterocycles. The molecule has 0 spiro atoms. The van der Waals surface area contributed by atoms with E-state index in [1.165, 1.54) is 0 Å². The van der Waals surface area contributed by atoms with Crippen molar-refractivity contribution >= 4 is 23.3 Å². The molecule has 8 heteroatoms. The van der Waals surface area contributed by atoms with Crippen molar-refractivity contribution in [1.29, 1.82) is 0 Å². The van der Waals surface area contributed by atoms with Crippen LogP contribution < -0.4 is 5.32 Å². The fourth-order valence-corrected chi connectivity index (χ4v) is 4.71. The lowest BCUT2D eigenvalue weighted by molar-refractivity contribution is 0.0697. The number of rotatable bonds is 6. The van der Waals surface area contributed by atoms with Crippen LogP contribution >= 0.6 is 12.2 Å². The van der Waals surface area contributed by atoms with Gasteiger partial charge in [-0.25, -0.2) is 4.79 Å². The molecule has 2 aliphatic rings. The second-order valence-electron chi connectivity index (χ2n) is 8.00. The van der Waals surface area contributed by atoms with Gasteiger partial charge in [0.1, 0.15) is 17.6 Å². The standard InChI is InChI=1S/C24H23N3O4S/c28-23(29)16-6-3-5-15(13-16)19-9-10-20(31-19)22-21(18-8-1-2-11-25-18)26-24(32)27(22)14-17-7-4-12-30-17/h1-3,5-6,8-11,13,17,21-22H,4,7,12,14H2,(H,26,32)(H,28,29)/t17-,21+,22-/m0/s1. The van der Waals surface area contributed by atoms with Gasteiger partial charge in [0.15, 0.2) is 5.11 Å². The minimum Gasteiger partial charge on any atom is -0.478 e. The van der Waals surface area contributed by atoms with Gasteiger partial charge in [0.2, 0.25) is 0 Å². The van der Waals surface area contributed by atoms with E-state index in [-0.39, 0.29) is 23.8 Å². The van der Waals surface area contributed by atoms with E-state index in [1.807, 2.05) is 36.4 Å². The lowest BCUT2D eigenvalue weighted by Gasteiger charge is -2.28. The van der Waals surface area contributed by atoms with Gasteiger partial charge in [0.05, 0.1) is 23.4 Å². The SMILES string of the molecule is O=C(O)c1cccc(-c2ccc([C@H]3[C@@H](c4ccccn4)NC(=S)N3C[C@@H]3CCCO3)o2)c1. The zero-order valence-corrected chi connectivity index (χ0v) is 18.1. The van der Waals surface area contributed by atoms with Crippen molar-refractivity contribution < 1.29 is 19.1 Å². The van der Waals surface area contributed by atoms with E-state index >= 15 is 0 Å². The van der Waals surface area contributed by atoms with E-state index in [2.05, 4.69) is 15.2 Å². The number of carbonyl (C=O) groups is 1. The number of hydrogen-bond acceptors (Lipinski definition) is 5. The van der Waals surface area contributed by atoms with Crippen molar-refractivity contribution in [3.8, 4) is 11.3 Å². The number of thiocarbonyl (C=S) groups is 1. The molecule has 32 heavy (non-hydrogen) atoms. The van der Waals surface area contributed by atoms with Crippen molar-refractivity contribution in [2.24, 2.45) is 0 Å². The summed E-state index contributed by atoms with van der Waals surface area (Å²) >= 11 is 5.70. The second-order valence-corrected chi connectivity index (χ2v) is 8.39. The fraction of sp³-hybridized carbons (Fsp3) is 0.292. The monoisotopic (exact) mass is 449 g/mol. The molecule has 0 saturated carbocycles. The van der Waals surface area contributed by atoms with Crippen molar-refractivity contribution in [2.75, 3.05) is 13.2 Å². The third-order valence-electron chi connectivity index (χ3n) is 5.93. The predicted octanol–water partition coefficient (Wildman–Crippen LogP) is 4.19. The molecule has 3 atom stereocenters. The van der Waals surface area contributed by atoms with E-state index in [4.69, 9.17) is 21.4 Å². The number of aromatic nitrogens is 1. The Kier molecular flexibility index (Phi) is 5.63. The predicted molar refractivity (Wildman–Crippen MR) is 122 cm³/mol. The molecule has 2 fully saturated rings. The van der Waals surface area contributed by atoms with Crippen LogP contribution in [0.15, 0.2) is 65.2 Å². The highest BCUT2D eigenvalue weighted by atomic mass is 32.1. The Morgan fingerprint density at radius 1 is 1.22 bits per heavy atom. The molecule has 164 valence electrons. The summed E-state index contributed by atoms with van der Waals surface area (Å²) in [4.78, 5) is 18.0. The van der Waals surface area contributed by atoms with E-state index in [1.54, 1.807) is 24.4 Å². The van der Waals surface area contributed by atoms with Gasteiger partial charge >= 0.3 is 5.97 Å². The Balaban J connectivity index is 1.50. The van der Waals surface area contributed by atoms with E-state index < -0.39 is 5.97 Å². The van der Waals surface area contributed by atoms with Gasteiger partial charge in [-0.1, -0.05) is 18.2 Å². The quantitative estimate of drug-likeness (QED) is 0.542. The van der Waals surface area contributed by atoms with E-state index in [0.717, 1.165) is 30.9 Å². The van der Waals surface area contributed by atoms with Crippen molar-refractivity contribution in [2.45, 2.75) is 31.0 Å². The van der Waals surface area contributed by atoms with Gasteiger partial charge < -0.3 is 24.5 Å². The molecule has 4 heterocycles. The largest absolute Gasteiger partial charge is 0.478 e. The van der Waals surface area contributed by atoms with Crippen LogP contribution in [-0.4, -0.2) is 45.3 Å². The molecule has 5 rings (SSSR count). The van der Waals surface area contributed by atoms with Gasteiger partial charge in [0, 0.05) is 24.9 Å². The number of nitrogens with one attached hydrogen (secondary N) is 1. The number of carboxylic acid groups (broad SMARTS) is 1. The summed E-state index contributed by atoms with van der Waals surface area (Å²) in [6, 6.07) is 16.0. The first-order valence-electron chi connectivity index (χ1n) is 10.6. The first-order valence-corrected chi connectivity index (χ1v) is 11.0. The summed E-state index contributed by atoms with van der Waals surface area (Å²) in [5.74, 6) is 0.376. The highest BCUT2D eigenvalue weighted by Crippen LogP contribution is 2.41. The molecule has 2 aromatic heterocycles. The molecule has 2 N–H and O–H groups in total. The van der Waals surface area contributed by atoms with Crippen LogP contribution in [0, 0.1) is 0 Å². The average Bonchev–Trinajstić information content (AvgIpc) is 3.56. The highest BCUT2D eigenvalue weighted by molar-refractivity contribution is 7.80. The Morgan fingerprint density at radius 3 is 2.88 bits per heavy atom. The Labute approximate surface area is 191 Å². The first kappa shape index (κ1) is 20.7. The summed E-state index contributed by atoms with van der Waals surface area (Å²) in [6.45, 7) is 1.45. The number of pyridine rings is 1. The zero-order chi connectivity index (χ0) is 22.1. The molecule has 7 nitrogen and oxygen atoms in total. The molecule has 0 amide bonds. The summed E-state index contributed by atoms with van der Waals surface area (Å²) < 4.78 is 12.1. The third kappa shape index (κ3) is 3.99. The van der Waals surface area contributed by atoms with Crippen molar-refractivity contribution in [3.05, 3.63) is 77.8 Å². The summed E-state index contributed by atoms with van der Waals surface area (Å²) in [5.41, 5.74) is 1.81. The average molecular weight is 450 g/mol. The van der Waals surface area contributed by atoms with Gasteiger partial charge in [-0.3, -0.25) is 4.98 Å². The number of aromatic carboxylic acids is 1. The zero-order valence-electron chi connectivity index (χ0n) is 17.3. The minimum atomic E-state index is -0.970. The number of benzene rings is 1. The third-order valence-corrected chi connectivity index (χ3v) is 6.29. The smallest absolute Gasteiger partial charge is 0.335 e. The molecule has 1 aromatic carbocycles. The Bertz CT molecular complexity index is 1130. The summed E-state index contributed by atoms with van der Waals surface area (Å²) in [5, 5.41) is 13.4. The van der Waals surface area contributed by atoms with Crippen LogP contribution in [0.2, 0.25) is 0 Å². The maximum Gasteiger partial charge on any atom is 0.335 e. The summed E-state index contributed by atoms with van der Waals surface area (Å²) in [6.07, 6.45) is 3.95. The van der Waals surface area contributed by atoms with Crippen molar-refractivity contribution in [3.63, 3.8) is 0 Å². The van der Waals surface area contributed by atoms with Gasteiger partial charge in [-0.05, 0) is 61.5 Å². The number of hydrogen-bond donors (Lipinski definition) is 2.